The van der Waals surface area contributed by atoms with E-state index < -0.39 is 6.10 Å². The van der Waals surface area contributed by atoms with Crippen molar-refractivity contribution in [2.24, 2.45) is 17.3 Å². The number of carbonyl (C=O) groups excluding carboxylic acids is 1. The van der Waals surface area contributed by atoms with Crippen LogP contribution in [0, 0.1) is 41.4 Å². The van der Waals surface area contributed by atoms with Crippen LogP contribution in [0.3, 0.4) is 0 Å². The average Bonchev–Trinajstić information content (AvgIpc) is 2.93. The second kappa shape index (κ2) is 7.39. The van der Waals surface area contributed by atoms with Crippen molar-refractivity contribution < 1.29 is 9.53 Å². The Hall–Kier alpha value is -1.64. The molecule has 1 rings (SSSR count). The molecule has 0 aliphatic heterocycles. The van der Waals surface area contributed by atoms with Crippen LogP contribution in [0.25, 0.3) is 0 Å². The number of hydrogen-bond acceptors (Lipinski definition) is 2. The SMILES string of the molecule is C#CC(C#CCC=CCl)OC(=O)C1C(C=C(C)C)C1(C)C. The summed E-state index contributed by atoms with van der Waals surface area (Å²) in [6, 6.07) is 0. The Labute approximate surface area is 132 Å². The van der Waals surface area contributed by atoms with Gasteiger partial charge in [0.2, 0.25) is 6.10 Å². The van der Waals surface area contributed by atoms with Crippen molar-refractivity contribution in [2.75, 3.05) is 0 Å². The lowest BCUT2D eigenvalue weighted by Gasteiger charge is -2.07. The summed E-state index contributed by atoms with van der Waals surface area (Å²) in [5, 5.41) is 0. The van der Waals surface area contributed by atoms with E-state index in [4.69, 9.17) is 22.8 Å². The maximum absolute atomic E-state index is 12.2. The van der Waals surface area contributed by atoms with Gasteiger partial charge in [0.05, 0.1) is 5.92 Å². The highest BCUT2D eigenvalue weighted by molar-refractivity contribution is 6.25. The summed E-state index contributed by atoms with van der Waals surface area (Å²) in [5.41, 5.74) is 2.51. The lowest BCUT2D eigenvalue weighted by atomic mass is 10.1. The Morgan fingerprint density at radius 3 is 2.67 bits per heavy atom. The minimum atomic E-state index is -0.801. The van der Waals surface area contributed by atoms with E-state index in [1.54, 1.807) is 6.08 Å². The van der Waals surface area contributed by atoms with Gasteiger partial charge in [0.15, 0.2) is 0 Å². The number of carbonyl (C=O) groups is 1. The molecule has 0 bridgehead atoms. The van der Waals surface area contributed by atoms with Crippen molar-refractivity contribution in [1.29, 1.82) is 0 Å². The molecule has 0 spiro atoms. The summed E-state index contributed by atoms with van der Waals surface area (Å²) in [4.78, 5) is 12.2. The van der Waals surface area contributed by atoms with Crippen LogP contribution >= 0.6 is 11.6 Å². The summed E-state index contributed by atoms with van der Waals surface area (Å²) in [6.45, 7) is 8.17. The lowest BCUT2D eigenvalue weighted by Crippen LogP contribution is -2.18. The van der Waals surface area contributed by atoms with E-state index in [0.29, 0.717) is 6.42 Å². The average molecular weight is 305 g/mol. The molecule has 3 unspecified atom stereocenters. The molecule has 1 aliphatic rings. The molecule has 0 aromatic rings. The summed E-state index contributed by atoms with van der Waals surface area (Å²) in [6.07, 6.45) is 8.85. The molecule has 2 nitrogen and oxygen atoms in total. The van der Waals surface area contributed by atoms with Crippen molar-refractivity contribution in [3.8, 4) is 24.2 Å². The third kappa shape index (κ3) is 4.69. The van der Waals surface area contributed by atoms with Gasteiger partial charge in [0.1, 0.15) is 0 Å². The van der Waals surface area contributed by atoms with Crippen LogP contribution in [0.1, 0.15) is 34.1 Å². The zero-order chi connectivity index (χ0) is 16.0. The quantitative estimate of drug-likeness (QED) is 0.447. The monoisotopic (exact) mass is 304 g/mol. The van der Waals surface area contributed by atoms with Gasteiger partial charge in [-0.25, -0.2) is 0 Å². The van der Waals surface area contributed by atoms with Crippen molar-refractivity contribution in [3.63, 3.8) is 0 Å². The number of terminal acetylenes is 1. The van der Waals surface area contributed by atoms with Crippen LogP contribution in [0.2, 0.25) is 0 Å². The van der Waals surface area contributed by atoms with Crippen molar-refractivity contribution in [3.05, 3.63) is 23.3 Å². The summed E-state index contributed by atoms with van der Waals surface area (Å²) >= 11 is 5.39. The van der Waals surface area contributed by atoms with Crippen molar-refractivity contribution in [2.45, 2.75) is 40.2 Å². The fraction of sp³-hybridized carbons (Fsp3) is 0.500. The molecule has 0 amide bonds. The fourth-order valence-corrected chi connectivity index (χ4v) is 2.44. The standard InChI is InChI=1S/C18H21ClO2/c1-6-14(10-8-7-9-11-19)21-17(20)16-15(12-13(2)3)18(16,4)5/h1,9,11-12,14-16H,7H2,2-5H3. The lowest BCUT2D eigenvalue weighted by molar-refractivity contribution is -0.147. The minimum absolute atomic E-state index is 0.0811. The number of allylic oxidation sites excluding steroid dienone is 3. The molecule has 1 fully saturated rings. The van der Waals surface area contributed by atoms with Gasteiger partial charge in [-0.1, -0.05) is 49.1 Å². The van der Waals surface area contributed by atoms with E-state index >= 15 is 0 Å². The Bertz CT molecular complexity index is 548. The first-order valence-electron chi connectivity index (χ1n) is 6.89. The number of hydrogen-bond donors (Lipinski definition) is 0. The number of esters is 1. The molecule has 3 atom stereocenters. The summed E-state index contributed by atoms with van der Waals surface area (Å²) in [7, 11) is 0. The highest BCUT2D eigenvalue weighted by Crippen LogP contribution is 2.59. The maximum atomic E-state index is 12.2. The highest BCUT2D eigenvalue weighted by Gasteiger charge is 2.61. The van der Waals surface area contributed by atoms with Gasteiger partial charge in [-0.3, -0.25) is 4.79 Å². The molecular weight excluding hydrogens is 284 g/mol. The van der Waals surface area contributed by atoms with E-state index in [9.17, 15) is 4.79 Å². The second-order valence-corrected chi connectivity index (χ2v) is 6.19. The van der Waals surface area contributed by atoms with Crippen LogP contribution in [0.5, 0.6) is 0 Å². The predicted octanol–water partition coefficient (Wildman–Crippen LogP) is 3.92. The summed E-state index contributed by atoms with van der Waals surface area (Å²) < 4.78 is 5.32. The van der Waals surface area contributed by atoms with Gasteiger partial charge < -0.3 is 4.74 Å². The van der Waals surface area contributed by atoms with Crippen LogP contribution in [0.4, 0.5) is 0 Å². The molecule has 0 aromatic heterocycles. The molecular formula is C18H21ClO2. The first kappa shape index (κ1) is 17.4. The van der Waals surface area contributed by atoms with E-state index in [2.05, 4.69) is 37.7 Å². The van der Waals surface area contributed by atoms with E-state index in [1.165, 1.54) is 11.1 Å². The first-order valence-corrected chi connectivity index (χ1v) is 7.33. The van der Waals surface area contributed by atoms with Gasteiger partial charge >= 0.3 is 5.97 Å². The zero-order valence-electron chi connectivity index (χ0n) is 12.9. The van der Waals surface area contributed by atoms with E-state index in [-0.39, 0.29) is 23.2 Å². The molecule has 0 saturated heterocycles. The molecule has 112 valence electrons. The Morgan fingerprint density at radius 1 is 1.48 bits per heavy atom. The second-order valence-electron chi connectivity index (χ2n) is 5.94. The largest absolute Gasteiger partial charge is 0.437 e. The van der Waals surface area contributed by atoms with Gasteiger partial charge in [0.25, 0.3) is 0 Å². The molecule has 0 aromatic carbocycles. The fourth-order valence-electron chi connectivity index (χ4n) is 2.35. The van der Waals surface area contributed by atoms with Crippen LogP contribution in [-0.4, -0.2) is 12.1 Å². The van der Waals surface area contributed by atoms with Gasteiger partial charge in [-0.2, -0.15) is 0 Å². The van der Waals surface area contributed by atoms with Crippen LogP contribution in [0.15, 0.2) is 23.3 Å². The number of rotatable bonds is 4. The molecule has 1 saturated carbocycles. The van der Waals surface area contributed by atoms with E-state index in [1.807, 2.05) is 13.8 Å². The maximum Gasteiger partial charge on any atom is 0.312 e. The highest BCUT2D eigenvalue weighted by atomic mass is 35.5. The van der Waals surface area contributed by atoms with Crippen molar-refractivity contribution >= 4 is 17.6 Å². The normalized spacial score (nSPS) is 23.4. The summed E-state index contributed by atoms with van der Waals surface area (Å²) in [5.74, 6) is 7.74. The Balaban J connectivity index is 2.66. The topological polar surface area (TPSA) is 26.3 Å². The Morgan fingerprint density at radius 2 is 2.14 bits per heavy atom. The minimum Gasteiger partial charge on any atom is -0.437 e. The van der Waals surface area contributed by atoms with Crippen LogP contribution in [-0.2, 0) is 9.53 Å². The van der Waals surface area contributed by atoms with Crippen molar-refractivity contribution in [1.82, 2.24) is 0 Å². The molecule has 21 heavy (non-hydrogen) atoms. The molecule has 0 N–H and O–H groups in total. The Kier molecular flexibility index (Phi) is 6.13. The molecule has 0 heterocycles. The van der Waals surface area contributed by atoms with Gasteiger partial charge in [0, 0.05) is 12.0 Å². The molecule has 0 radical (unpaired) electrons. The van der Waals surface area contributed by atoms with Gasteiger partial charge in [-0.15, -0.1) is 6.42 Å². The smallest absolute Gasteiger partial charge is 0.312 e. The first-order chi connectivity index (χ1) is 9.84. The van der Waals surface area contributed by atoms with E-state index in [0.717, 1.165) is 0 Å². The number of ether oxygens (including phenoxy) is 1. The third-order valence-corrected chi connectivity index (χ3v) is 3.78. The third-order valence-electron chi connectivity index (χ3n) is 3.61. The van der Waals surface area contributed by atoms with Crippen LogP contribution < -0.4 is 0 Å². The number of halogens is 1. The predicted molar refractivity (Wildman–Crippen MR) is 86.3 cm³/mol. The molecule has 3 heteroatoms. The zero-order valence-corrected chi connectivity index (χ0v) is 13.7. The molecule has 1 aliphatic carbocycles. The van der Waals surface area contributed by atoms with Gasteiger partial charge in [-0.05, 0) is 37.0 Å².